The highest BCUT2D eigenvalue weighted by atomic mass is 16.5. The maximum Gasteiger partial charge on any atom is 0.130 e. The Morgan fingerprint density at radius 1 is 0.667 bits per heavy atom. The molecule has 0 radical (unpaired) electrons. The molecule has 0 fully saturated rings. The average molecular weight is 274 g/mol. The highest BCUT2D eigenvalue weighted by molar-refractivity contribution is 5.42. The van der Waals surface area contributed by atoms with E-state index in [2.05, 4.69) is 49.4 Å². The predicted octanol–water partition coefficient (Wildman–Crippen LogP) is 5.38. The first-order chi connectivity index (χ1) is 10.3. The third kappa shape index (κ3) is 3.32. The van der Waals surface area contributed by atoms with Gasteiger partial charge in [0, 0.05) is 6.42 Å². The zero-order valence-electron chi connectivity index (χ0n) is 12.1. The molecule has 104 valence electrons. The Bertz CT molecular complexity index is 717. The molecule has 0 N–H and O–H groups in total. The molecule has 0 heterocycles. The molecule has 0 aliphatic rings. The van der Waals surface area contributed by atoms with Gasteiger partial charge >= 0.3 is 0 Å². The van der Waals surface area contributed by atoms with E-state index in [1.165, 1.54) is 11.1 Å². The van der Waals surface area contributed by atoms with E-state index < -0.39 is 0 Å². The van der Waals surface area contributed by atoms with Gasteiger partial charge in [0.05, 0.1) is 0 Å². The van der Waals surface area contributed by atoms with Gasteiger partial charge in [0.25, 0.3) is 0 Å². The van der Waals surface area contributed by atoms with E-state index in [1.807, 2.05) is 36.4 Å². The summed E-state index contributed by atoms with van der Waals surface area (Å²) in [4.78, 5) is 0. The van der Waals surface area contributed by atoms with Crippen LogP contribution in [0.4, 0.5) is 0 Å². The molecular weight excluding hydrogens is 256 g/mol. The van der Waals surface area contributed by atoms with E-state index in [0.717, 1.165) is 23.5 Å². The number of rotatable bonds is 4. The highest BCUT2D eigenvalue weighted by Crippen LogP contribution is 2.28. The molecule has 0 unspecified atom stereocenters. The first-order valence-electron chi connectivity index (χ1n) is 7.18. The van der Waals surface area contributed by atoms with Crippen LogP contribution in [-0.4, -0.2) is 0 Å². The number of benzene rings is 3. The van der Waals surface area contributed by atoms with Crippen LogP contribution in [0.1, 0.15) is 16.7 Å². The summed E-state index contributed by atoms with van der Waals surface area (Å²) in [5.41, 5.74) is 3.64. The fourth-order valence-electron chi connectivity index (χ4n) is 2.35. The molecule has 0 spiro atoms. The van der Waals surface area contributed by atoms with E-state index in [-0.39, 0.29) is 0 Å². The second-order valence-electron chi connectivity index (χ2n) is 5.14. The largest absolute Gasteiger partial charge is 0.457 e. The number of hydrogen-bond acceptors (Lipinski definition) is 1. The van der Waals surface area contributed by atoms with Crippen molar-refractivity contribution in [3.8, 4) is 11.5 Å². The zero-order chi connectivity index (χ0) is 14.5. The maximum absolute atomic E-state index is 6.11. The molecule has 0 aliphatic carbocycles. The Balaban J connectivity index is 1.88. The van der Waals surface area contributed by atoms with Crippen molar-refractivity contribution in [2.75, 3.05) is 0 Å². The Morgan fingerprint density at radius 3 is 2.05 bits per heavy atom. The monoisotopic (exact) mass is 274 g/mol. The smallest absolute Gasteiger partial charge is 0.130 e. The van der Waals surface area contributed by atoms with Crippen LogP contribution in [0.3, 0.4) is 0 Å². The van der Waals surface area contributed by atoms with Crippen molar-refractivity contribution in [3.05, 3.63) is 95.6 Å². The van der Waals surface area contributed by atoms with Crippen molar-refractivity contribution in [2.45, 2.75) is 13.3 Å². The average Bonchev–Trinajstić information content (AvgIpc) is 2.52. The van der Waals surface area contributed by atoms with Gasteiger partial charge in [-0.2, -0.15) is 0 Å². The summed E-state index contributed by atoms with van der Waals surface area (Å²) in [6.45, 7) is 2.06. The Labute approximate surface area is 125 Å². The van der Waals surface area contributed by atoms with E-state index in [4.69, 9.17) is 4.74 Å². The summed E-state index contributed by atoms with van der Waals surface area (Å²) in [7, 11) is 0. The molecule has 3 aromatic rings. The van der Waals surface area contributed by atoms with Crippen LogP contribution in [0.5, 0.6) is 11.5 Å². The fraction of sp³-hybridized carbons (Fsp3) is 0.100. The molecule has 3 rings (SSSR count). The normalized spacial score (nSPS) is 10.3. The van der Waals surface area contributed by atoms with Gasteiger partial charge < -0.3 is 4.74 Å². The molecule has 0 amide bonds. The molecule has 0 bridgehead atoms. The van der Waals surface area contributed by atoms with Gasteiger partial charge in [-0.3, -0.25) is 0 Å². The van der Waals surface area contributed by atoms with Crippen LogP contribution < -0.4 is 4.74 Å². The quantitative estimate of drug-likeness (QED) is 0.620. The molecule has 0 atom stereocenters. The van der Waals surface area contributed by atoms with Gasteiger partial charge in [-0.25, -0.2) is 0 Å². The molecule has 21 heavy (non-hydrogen) atoms. The third-order valence-corrected chi connectivity index (χ3v) is 3.52. The first kappa shape index (κ1) is 13.4. The molecule has 3 aromatic carbocycles. The Morgan fingerprint density at radius 2 is 1.29 bits per heavy atom. The van der Waals surface area contributed by atoms with Gasteiger partial charge in [0.2, 0.25) is 0 Å². The lowest BCUT2D eigenvalue weighted by Crippen LogP contribution is -1.94. The summed E-state index contributed by atoms with van der Waals surface area (Å²) in [6, 6.07) is 26.8. The minimum Gasteiger partial charge on any atom is -0.457 e. The summed E-state index contributed by atoms with van der Waals surface area (Å²) < 4.78 is 6.11. The standard InChI is InChI=1S/C20H18O/c1-16-9-5-7-13-19(16)21-20-14-8-6-12-18(20)15-17-10-3-2-4-11-17/h2-14H,15H2,1H3. The van der Waals surface area contributed by atoms with Gasteiger partial charge in [0.1, 0.15) is 11.5 Å². The molecule has 1 nitrogen and oxygen atoms in total. The lowest BCUT2D eigenvalue weighted by Gasteiger charge is -2.13. The molecule has 0 saturated heterocycles. The summed E-state index contributed by atoms with van der Waals surface area (Å²) in [5.74, 6) is 1.84. The van der Waals surface area contributed by atoms with Crippen LogP contribution in [0.25, 0.3) is 0 Å². The van der Waals surface area contributed by atoms with Crippen molar-refractivity contribution in [3.63, 3.8) is 0 Å². The molecule has 0 aromatic heterocycles. The number of para-hydroxylation sites is 2. The van der Waals surface area contributed by atoms with Gasteiger partial charge in [-0.15, -0.1) is 0 Å². The Hall–Kier alpha value is -2.54. The first-order valence-corrected chi connectivity index (χ1v) is 7.18. The van der Waals surface area contributed by atoms with Crippen LogP contribution >= 0.6 is 0 Å². The number of ether oxygens (including phenoxy) is 1. The molecular formula is C20H18O. The number of aryl methyl sites for hydroxylation is 1. The SMILES string of the molecule is Cc1ccccc1Oc1ccccc1Cc1ccccc1. The van der Waals surface area contributed by atoms with Gasteiger partial charge in [-0.1, -0.05) is 66.7 Å². The number of hydrogen-bond donors (Lipinski definition) is 0. The van der Waals surface area contributed by atoms with E-state index >= 15 is 0 Å². The van der Waals surface area contributed by atoms with Crippen molar-refractivity contribution < 1.29 is 4.74 Å². The minimum atomic E-state index is 0.878. The summed E-state index contributed by atoms with van der Waals surface area (Å²) >= 11 is 0. The van der Waals surface area contributed by atoms with Crippen LogP contribution in [0.2, 0.25) is 0 Å². The second kappa shape index (κ2) is 6.27. The zero-order valence-corrected chi connectivity index (χ0v) is 12.1. The minimum absolute atomic E-state index is 0.878. The topological polar surface area (TPSA) is 9.23 Å². The van der Waals surface area contributed by atoms with E-state index in [0.29, 0.717) is 0 Å². The van der Waals surface area contributed by atoms with Crippen LogP contribution in [0.15, 0.2) is 78.9 Å². The fourth-order valence-corrected chi connectivity index (χ4v) is 2.35. The lowest BCUT2D eigenvalue weighted by atomic mass is 10.0. The van der Waals surface area contributed by atoms with E-state index in [9.17, 15) is 0 Å². The predicted molar refractivity (Wildman–Crippen MR) is 86.9 cm³/mol. The van der Waals surface area contributed by atoms with Crippen molar-refractivity contribution in [1.29, 1.82) is 0 Å². The van der Waals surface area contributed by atoms with Gasteiger partial charge in [0.15, 0.2) is 0 Å². The summed E-state index contributed by atoms with van der Waals surface area (Å²) in [6.07, 6.45) is 0.878. The lowest BCUT2D eigenvalue weighted by molar-refractivity contribution is 0.474. The Kier molecular flexibility index (Phi) is 4.02. The van der Waals surface area contributed by atoms with E-state index in [1.54, 1.807) is 0 Å². The second-order valence-corrected chi connectivity index (χ2v) is 5.14. The van der Waals surface area contributed by atoms with Gasteiger partial charge in [-0.05, 0) is 35.7 Å². The highest BCUT2D eigenvalue weighted by Gasteiger charge is 2.06. The van der Waals surface area contributed by atoms with Crippen LogP contribution in [-0.2, 0) is 6.42 Å². The maximum atomic E-state index is 6.11. The van der Waals surface area contributed by atoms with Crippen molar-refractivity contribution in [2.24, 2.45) is 0 Å². The van der Waals surface area contributed by atoms with Crippen LogP contribution in [0, 0.1) is 6.92 Å². The molecule has 1 heteroatoms. The third-order valence-electron chi connectivity index (χ3n) is 3.52. The van der Waals surface area contributed by atoms with Crippen molar-refractivity contribution >= 4 is 0 Å². The molecule has 0 saturated carbocycles. The summed E-state index contributed by atoms with van der Waals surface area (Å²) in [5, 5.41) is 0. The van der Waals surface area contributed by atoms with Crippen molar-refractivity contribution in [1.82, 2.24) is 0 Å². The molecule has 0 aliphatic heterocycles.